The Morgan fingerprint density at radius 3 is 2.82 bits per heavy atom. The Morgan fingerprint density at radius 1 is 1.29 bits per heavy atom. The molecule has 0 radical (unpaired) electrons. The molecule has 1 amide bonds. The monoisotopic (exact) mass is 395 g/mol. The molecule has 0 saturated carbocycles. The molecule has 1 aliphatic heterocycles. The summed E-state index contributed by atoms with van der Waals surface area (Å²) < 4.78 is 5.27. The zero-order chi connectivity index (χ0) is 19.8. The second kappa shape index (κ2) is 7.32. The van der Waals surface area contributed by atoms with Crippen LogP contribution in [-0.4, -0.2) is 24.0 Å². The highest BCUT2D eigenvalue weighted by molar-refractivity contribution is 6.30. The van der Waals surface area contributed by atoms with Gasteiger partial charge in [0.25, 0.3) is 0 Å². The van der Waals surface area contributed by atoms with E-state index in [-0.39, 0.29) is 17.9 Å². The maximum absolute atomic E-state index is 11.9. The lowest BCUT2D eigenvalue weighted by molar-refractivity contribution is -0.119. The van der Waals surface area contributed by atoms with Gasteiger partial charge in [0.05, 0.1) is 18.5 Å². The average molecular weight is 396 g/mol. The van der Waals surface area contributed by atoms with Crippen molar-refractivity contribution in [3.8, 4) is 5.75 Å². The summed E-state index contributed by atoms with van der Waals surface area (Å²) in [5.41, 5.74) is 9.40. The summed E-state index contributed by atoms with van der Waals surface area (Å²) in [7, 11) is 1.63. The van der Waals surface area contributed by atoms with E-state index in [0.717, 1.165) is 33.5 Å². The lowest BCUT2D eigenvalue weighted by Crippen LogP contribution is -2.41. The normalized spacial score (nSPS) is 18.8. The zero-order valence-corrected chi connectivity index (χ0v) is 16.6. The molecule has 2 aromatic carbocycles. The molecule has 0 saturated heterocycles. The summed E-state index contributed by atoms with van der Waals surface area (Å²) in [6.45, 7) is 2.72. The molecule has 0 bridgehead atoms. The molecular formula is C22H22ClN3O2. The van der Waals surface area contributed by atoms with Gasteiger partial charge in [0, 0.05) is 35.3 Å². The first-order valence-electron chi connectivity index (χ1n) is 9.26. The van der Waals surface area contributed by atoms with Gasteiger partial charge in [-0.2, -0.15) is 0 Å². The van der Waals surface area contributed by atoms with Gasteiger partial charge in [-0.25, -0.2) is 4.98 Å². The molecule has 144 valence electrons. The molecular weight excluding hydrogens is 374 g/mol. The van der Waals surface area contributed by atoms with Crippen LogP contribution in [0, 0.1) is 0 Å². The van der Waals surface area contributed by atoms with Crippen LogP contribution in [0.5, 0.6) is 5.75 Å². The van der Waals surface area contributed by atoms with Crippen LogP contribution in [0.4, 0.5) is 5.69 Å². The molecule has 5 nitrogen and oxygen atoms in total. The van der Waals surface area contributed by atoms with Crippen molar-refractivity contribution < 1.29 is 9.53 Å². The van der Waals surface area contributed by atoms with Crippen molar-refractivity contribution in [3.05, 3.63) is 64.8 Å². The molecule has 3 aromatic rings. The van der Waals surface area contributed by atoms with Gasteiger partial charge in [0.2, 0.25) is 5.91 Å². The molecule has 2 unspecified atom stereocenters. The Hall–Kier alpha value is -2.79. The molecule has 0 aliphatic carbocycles. The van der Waals surface area contributed by atoms with E-state index in [0.29, 0.717) is 18.1 Å². The number of benzene rings is 2. The SMILES string of the molecule is COc1ccc2cc(CN3c4ccccc4C(C(N)=O)CC3C)c(Cl)nc2c1. The minimum absolute atomic E-state index is 0.148. The predicted molar refractivity (Wildman–Crippen MR) is 112 cm³/mol. The fourth-order valence-corrected chi connectivity index (χ4v) is 4.18. The molecule has 28 heavy (non-hydrogen) atoms. The van der Waals surface area contributed by atoms with E-state index in [1.54, 1.807) is 7.11 Å². The lowest BCUT2D eigenvalue weighted by atomic mass is 9.85. The first-order chi connectivity index (χ1) is 13.5. The Morgan fingerprint density at radius 2 is 2.07 bits per heavy atom. The number of methoxy groups -OCH3 is 1. The van der Waals surface area contributed by atoms with Gasteiger partial charge < -0.3 is 15.4 Å². The quantitative estimate of drug-likeness (QED) is 0.670. The van der Waals surface area contributed by atoms with Crippen LogP contribution < -0.4 is 15.4 Å². The van der Waals surface area contributed by atoms with Gasteiger partial charge in [-0.05, 0) is 43.2 Å². The number of pyridine rings is 1. The number of nitrogens with zero attached hydrogens (tertiary/aromatic N) is 2. The minimum atomic E-state index is -0.279. The molecule has 6 heteroatoms. The number of rotatable bonds is 4. The van der Waals surface area contributed by atoms with E-state index >= 15 is 0 Å². The highest BCUT2D eigenvalue weighted by Crippen LogP contribution is 2.39. The van der Waals surface area contributed by atoms with Crippen LogP contribution >= 0.6 is 11.6 Å². The summed E-state index contributed by atoms with van der Waals surface area (Å²) in [5, 5.41) is 1.48. The number of amides is 1. The van der Waals surface area contributed by atoms with Crippen molar-refractivity contribution in [1.82, 2.24) is 4.98 Å². The number of carbonyl (C=O) groups is 1. The number of ether oxygens (including phenoxy) is 1. The first-order valence-corrected chi connectivity index (χ1v) is 9.63. The van der Waals surface area contributed by atoms with Crippen LogP contribution in [0.1, 0.15) is 30.4 Å². The Balaban J connectivity index is 1.73. The summed E-state index contributed by atoms with van der Waals surface area (Å²) in [4.78, 5) is 18.8. The van der Waals surface area contributed by atoms with Crippen molar-refractivity contribution in [2.24, 2.45) is 5.73 Å². The van der Waals surface area contributed by atoms with E-state index in [2.05, 4.69) is 22.9 Å². The number of hydrogen-bond donors (Lipinski definition) is 1. The van der Waals surface area contributed by atoms with Crippen LogP contribution in [0.25, 0.3) is 10.9 Å². The Bertz CT molecular complexity index is 1050. The van der Waals surface area contributed by atoms with Crippen LogP contribution in [0.3, 0.4) is 0 Å². The van der Waals surface area contributed by atoms with E-state index in [9.17, 15) is 4.79 Å². The maximum Gasteiger partial charge on any atom is 0.225 e. The summed E-state index contributed by atoms with van der Waals surface area (Å²) >= 11 is 6.52. The van der Waals surface area contributed by atoms with Crippen molar-refractivity contribution in [2.75, 3.05) is 12.0 Å². The lowest BCUT2D eigenvalue weighted by Gasteiger charge is -2.40. The van der Waals surface area contributed by atoms with Crippen molar-refractivity contribution in [2.45, 2.75) is 31.8 Å². The summed E-state index contributed by atoms with van der Waals surface area (Å²) in [6.07, 6.45) is 0.683. The molecule has 2 N–H and O–H groups in total. The van der Waals surface area contributed by atoms with Crippen molar-refractivity contribution in [1.29, 1.82) is 0 Å². The van der Waals surface area contributed by atoms with E-state index in [1.165, 1.54) is 0 Å². The number of primary amides is 1. The zero-order valence-electron chi connectivity index (χ0n) is 15.9. The van der Waals surface area contributed by atoms with Gasteiger partial charge in [-0.1, -0.05) is 29.8 Å². The second-order valence-electron chi connectivity index (χ2n) is 7.22. The maximum atomic E-state index is 11.9. The molecule has 4 rings (SSSR count). The van der Waals surface area contributed by atoms with E-state index < -0.39 is 0 Å². The fraction of sp³-hybridized carbons (Fsp3) is 0.273. The molecule has 0 spiro atoms. The number of hydrogen-bond acceptors (Lipinski definition) is 4. The number of halogens is 1. The third-order valence-corrected chi connectivity index (χ3v) is 5.79. The topological polar surface area (TPSA) is 68.5 Å². The highest BCUT2D eigenvalue weighted by Gasteiger charge is 2.33. The van der Waals surface area contributed by atoms with E-state index in [1.807, 2.05) is 42.5 Å². The number of aromatic nitrogens is 1. The number of fused-ring (bicyclic) bond motifs is 2. The smallest absolute Gasteiger partial charge is 0.225 e. The summed E-state index contributed by atoms with van der Waals surface area (Å²) in [6, 6.07) is 15.9. The Kier molecular flexibility index (Phi) is 4.85. The van der Waals surface area contributed by atoms with Crippen molar-refractivity contribution >= 4 is 34.1 Å². The van der Waals surface area contributed by atoms with E-state index in [4.69, 9.17) is 22.1 Å². The van der Waals surface area contributed by atoms with Crippen LogP contribution in [0.2, 0.25) is 5.15 Å². The number of carbonyl (C=O) groups excluding carboxylic acids is 1. The largest absolute Gasteiger partial charge is 0.497 e. The fourth-order valence-electron chi connectivity index (χ4n) is 3.98. The van der Waals surface area contributed by atoms with Gasteiger partial charge in [-0.15, -0.1) is 0 Å². The van der Waals surface area contributed by atoms with Gasteiger partial charge >= 0.3 is 0 Å². The highest BCUT2D eigenvalue weighted by atomic mass is 35.5. The van der Waals surface area contributed by atoms with Crippen LogP contribution in [-0.2, 0) is 11.3 Å². The standard InChI is InChI=1S/C22H22ClN3O2/c1-13-9-18(22(24)27)17-5-3-4-6-20(17)26(13)12-15-10-14-7-8-16(28-2)11-19(14)25-21(15)23/h3-8,10-11,13,18H,9,12H2,1-2H3,(H2,24,27). The molecule has 2 heterocycles. The third kappa shape index (κ3) is 3.27. The minimum Gasteiger partial charge on any atom is -0.497 e. The second-order valence-corrected chi connectivity index (χ2v) is 7.58. The third-order valence-electron chi connectivity index (χ3n) is 5.47. The molecule has 2 atom stereocenters. The number of para-hydroxylation sites is 1. The average Bonchev–Trinajstić information content (AvgIpc) is 2.69. The van der Waals surface area contributed by atoms with Gasteiger partial charge in [0.1, 0.15) is 10.9 Å². The summed E-state index contributed by atoms with van der Waals surface area (Å²) in [5.74, 6) is 0.207. The van der Waals surface area contributed by atoms with Gasteiger partial charge in [0.15, 0.2) is 0 Å². The van der Waals surface area contributed by atoms with Crippen molar-refractivity contribution in [3.63, 3.8) is 0 Å². The molecule has 0 fully saturated rings. The first kappa shape index (κ1) is 18.6. The number of nitrogens with two attached hydrogens (primary N) is 1. The molecule has 1 aliphatic rings. The predicted octanol–water partition coefficient (Wildman–Crippen LogP) is 4.26. The molecule has 1 aromatic heterocycles. The van der Waals surface area contributed by atoms with Crippen LogP contribution in [0.15, 0.2) is 48.5 Å². The Labute approximate surface area is 169 Å². The van der Waals surface area contributed by atoms with Gasteiger partial charge in [-0.3, -0.25) is 4.79 Å². The number of anilines is 1.